The van der Waals surface area contributed by atoms with Crippen molar-refractivity contribution in [2.45, 2.75) is 0 Å². The molecule has 1 aromatic carbocycles. The van der Waals surface area contributed by atoms with Crippen molar-refractivity contribution in [3.63, 3.8) is 0 Å². The molecular weight excluding hydrogens is 308 g/mol. The van der Waals surface area contributed by atoms with Crippen molar-refractivity contribution in [2.24, 2.45) is 0 Å². The van der Waals surface area contributed by atoms with Gasteiger partial charge in [-0.3, -0.25) is 4.79 Å². The van der Waals surface area contributed by atoms with E-state index in [1.807, 2.05) is 0 Å². The zero-order valence-corrected chi connectivity index (χ0v) is 12.5. The van der Waals surface area contributed by atoms with E-state index in [1.165, 1.54) is 7.11 Å². The lowest BCUT2D eigenvalue weighted by atomic mass is 10.2. The maximum Gasteiger partial charge on any atom is 0.275 e. The summed E-state index contributed by atoms with van der Waals surface area (Å²) >= 11 is 6.01. The second-order valence-electron chi connectivity index (χ2n) is 4.50. The van der Waals surface area contributed by atoms with Gasteiger partial charge in [0.1, 0.15) is 13.2 Å². The van der Waals surface area contributed by atoms with E-state index in [1.54, 1.807) is 30.3 Å². The smallest absolute Gasteiger partial charge is 0.275 e. The van der Waals surface area contributed by atoms with Crippen LogP contribution in [0.2, 0.25) is 5.02 Å². The van der Waals surface area contributed by atoms with Crippen LogP contribution in [0.15, 0.2) is 30.3 Å². The summed E-state index contributed by atoms with van der Waals surface area (Å²) in [7, 11) is 1.47. The van der Waals surface area contributed by atoms with Crippen molar-refractivity contribution in [3.05, 3.63) is 41.0 Å². The van der Waals surface area contributed by atoms with Gasteiger partial charge in [-0.25, -0.2) is 4.98 Å². The summed E-state index contributed by atoms with van der Waals surface area (Å²) in [4.78, 5) is 16.3. The number of hydrogen-bond donors (Lipinski definition) is 1. The Bertz CT molecular complexity index is 721. The topological polar surface area (TPSA) is 69.7 Å². The molecule has 6 nitrogen and oxygen atoms in total. The lowest BCUT2D eigenvalue weighted by Crippen LogP contribution is -2.17. The van der Waals surface area contributed by atoms with E-state index >= 15 is 0 Å². The zero-order chi connectivity index (χ0) is 15.5. The van der Waals surface area contributed by atoms with E-state index in [4.69, 9.17) is 25.8 Å². The van der Waals surface area contributed by atoms with Crippen molar-refractivity contribution in [2.75, 3.05) is 25.6 Å². The molecule has 0 radical (unpaired) electrons. The highest BCUT2D eigenvalue weighted by Gasteiger charge is 2.16. The van der Waals surface area contributed by atoms with Crippen LogP contribution in [0.3, 0.4) is 0 Å². The summed E-state index contributed by atoms with van der Waals surface area (Å²) in [5.74, 6) is 1.13. The third kappa shape index (κ3) is 2.92. The fraction of sp³-hybridized carbons (Fsp3) is 0.200. The van der Waals surface area contributed by atoms with Crippen LogP contribution >= 0.6 is 11.6 Å². The quantitative estimate of drug-likeness (QED) is 0.941. The standard InChI is InChI=1S/C15H13ClN2O4/c1-20-13-5-3-10(16)14(18-13)15(19)17-9-2-4-11-12(8-9)22-7-6-21-11/h2-5,8H,6-7H2,1H3,(H,17,19). The molecule has 1 aliphatic rings. The van der Waals surface area contributed by atoms with Gasteiger partial charge in [-0.05, 0) is 18.2 Å². The first-order valence-corrected chi connectivity index (χ1v) is 6.96. The largest absolute Gasteiger partial charge is 0.486 e. The maximum absolute atomic E-state index is 12.3. The number of amides is 1. The highest BCUT2D eigenvalue weighted by atomic mass is 35.5. The van der Waals surface area contributed by atoms with Gasteiger partial charge in [0.05, 0.1) is 12.1 Å². The molecule has 0 spiro atoms. The van der Waals surface area contributed by atoms with Crippen LogP contribution in [0, 0.1) is 0 Å². The summed E-state index contributed by atoms with van der Waals surface area (Å²) in [5, 5.41) is 2.97. The number of methoxy groups -OCH3 is 1. The number of nitrogens with one attached hydrogen (secondary N) is 1. The van der Waals surface area contributed by atoms with E-state index in [0.29, 0.717) is 36.3 Å². The highest BCUT2D eigenvalue weighted by Crippen LogP contribution is 2.32. The average Bonchev–Trinajstić information content (AvgIpc) is 2.55. The van der Waals surface area contributed by atoms with Gasteiger partial charge >= 0.3 is 0 Å². The summed E-state index contributed by atoms with van der Waals surface area (Å²) in [6, 6.07) is 8.31. The second kappa shape index (κ2) is 6.11. The van der Waals surface area contributed by atoms with Crippen LogP contribution < -0.4 is 19.5 Å². The normalized spacial score (nSPS) is 12.6. The first kappa shape index (κ1) is 14.5. The Hall–Kier alpha value is -2.47. The number of ether oxygens (including phenoxy) is 3. The number of carbonyl (C=O) groups excluding carboxylic acids is 1. The molecular formula is C15H13ClN2O4. The number of carbonyl (C=O) groups is 1. The Morgan fingerprint density at radius 1 is 1.23 bits per heavy atom. The summed E-state index contributed by atoms with van der Waals surface area (Å²) in [6.45, 7) is 0.996. The minimum absolute atomic E-state index is 0.0934. The Labute approximate surface area is 132 Å². The van der Waals surface area contributed by atoms with Crippen LogP contribution in [0.1, 0.15) is 10.5 Å². The number of hydrogen-bond acceptors (Lipinski definition) is 5. The predicted molar refractivity (Wildman–Crippen MR) is 81.2 cm³/mol. The van der Waals surface area contributed by atoms with Crippen LogP contribution in [0.4, 0.5) is 5.69 Å². The van der Waals surface area contributed by atoms with Crippen molar-refractivity contribution in [3.8, 4) is 17.4 Å². The Morgan fingerprint density at radius 2 is 2.00 bits per heavy atom. The molecule has 22 heavy (non-hydrogen) atoms. The van der Waals surface area contributed by atoms with Gasteiger partial charge in [0.2, 0.25) is 5.88 Å². The molecule has 2 aromatic rings. The van der Waals surface area contributed by atoms with Crippen molar-refractivity contribution < 1.29 is 19.0 Å². The minimum Gasteiger partial charge on any atom is -0.486 e. The Kier molecular flexibility index (Phi) is 4.02. The molecule has 0 unspecified atom stereocenters. The molecule has 0 aliphatic carbocycles. The molecule has 7 heteroatoms. The molecule has 1 amide bonds. The minimum atomic E-state index is -0.430. The Balaban J connectivity index is 1.82. The summed E-state index contributed by atoms with van der Waals surface area (Å²) < 4.78 is 15.9. The molecule has 1 N–H and O–H groups in total. The number of anilines is 1. The fourth-order valence-electron chi connectivity index (χ4n) is 2.01. The lowest BCUT2D eigenvalue weighted by Gasteiger charge is -2.19. The average molecular weight is 321 g/mol. The maximum atomic E-state index is 12.3. The molecule has 1 aromatic heterocycles. The predicted octanol–water partition coefficient (Wildman–Crippen LogP) is 2.77. The summed E-state index contributed by atoms with van der Waals surface area (Å²) in [5.41, 5.74) is 0.658. The summed E-state index contributed by atoms with van der Waals surface area (Å²) in [6.07, 6.45) is 0. The molecule has 0 atom stereocenters. The van der Waals surface area contributed by atoms with Crippen LogP contribution in [-0.4, -0.2) is 31.2 Å². The van der Waals surface area contributed by atoms with Gasteiger partial charge in [-0.2, -0.15) is 0 Å². The SMILES string of the molecule is COc1ccc(Cl)c(C(=O)Nc2ccc3c(c2)OCCO3)n1. The van der Waals surface area contributed by atoms with E-state index in [9.17, 15) is 4.79 Å². The number of pyridine rings is 1. The second-order valence-corrected chi connectivity index (χ2v) is 4.90. The molecule has 3 rings (SSSR count). The molecule has 0 bridgehead atoms. The molecule has 2 heterocycles. The molecule has 0 saturated carbocycles. The number of rotatable bonds is 3. The highest BCUT2D eigenvalue weighted by molar-refractivity contribution is 6.34. The fourth-order valence-corrected chi connectivity index (χ4v) is 2.20. The van der Waals surface area contributed by atoms with Gasteiger partial charge in [0.15, 0.2) is 17.2 Å². The van der Waals surface area contributed by atoms with Gasteiger partial charge < -0.3 is 19.5 Å². The number of nitrogens with zero attached hydrogens (tertiary/aromatic N) is 1. The van der Waals surface area contributed by atoms with Crippen molar-refractivity contribution in [1.82, 2.24) is 4.98 Å². The van der Waals surface area contributed by atoms with Crippen molar-refractivity contribution >= 4 is 23.2 Å². The molecule has 0 saturated heterocycles. The monoisotopic (exact) mass is 320 g/mol. The van der Waals surface area contributed by atoms with E-state index in [0.717, 1.165) is 0 Å². The number of benzene rings is 1. The third-order valence-corrected chi connectivity index (χ3v) is 3.35. The van der Waals surface area contributed by atoms with Gasteiger partial charge in [0.25, 0.3) is 5.91 Å². The number of aromatic nitrogens is 1. The third-order valence-electron chi connectivity index (χ3n) is 3.04. The van der Waals surface area contributed by atoms with E-state index in [-0.39, 0.29) is 10.7 Å². The molecule has 1 aliphatic heterocycles. The molecule has 0 fully saturated rings. The van der Waals surface area contributed by atoms with E-state index in [2.05, 4.69) is 10.3 Å². The van der Waals surface area contributed by atoms with E-state index < -0.39 is 5.91 Å². The van der Waals surface area contributed by atoms with Crippen LogP contribution in [-0.2, 0) is 0 Å². The zero-order valence-electron chi connectivity index (χ0n) is 11.8. The lowest BCUT2D eigenvalue weighted by molar-refractivity contribution is 0.102. The van der Waals surface area contributed by atoms with Crippen LogP contribution in [0.5, 0.6) is 17.4 Å². The Morgan fingerprint density at radius 3 is 2.77 bits per heavy atom. The first-order valence-electron chi connectivity index (χ1n) is 6.59. The van der Waals surface area contributed by atoms with Crippen molar-refractivity contribution in [1.29, 1.82) is 0 Å². The van der Waals surface area contributed by atoms with Gasteiger partial charge in [0, 0.05) is 17.8 Å². The van der Waals surface area contributed by atoms with Crippen LogP contribution in [0.25, 0.3) is 0 Å². The molecule has 114 valence electrons. The number of fused-ring (bicyclic) bond motifs is 1. The first-order chi connectivity index (χ1) is 10.7. The van der Waals surface area contributed by atoms with Gasteiger partial charge in [-0.1, -0.05) is 11.6 Å². The number of halogens is 1. The van der Waals surface area contributed by atoms with Gasteiger partial charge in [-0.15, -0.1) is 0 Å².